The molecule has 0 aliphatic carbocycles. The number of aliphatic imine (C=N–C) groups is 1. The van der Waals surface area contributed by atoms with E-state index < -0.39 is 9.84 Å². The van der Waals surface area contributed by atoms with Gasteiger partial charge in [0, 0.05) is 12.8 Å². The van der Waals surface area contributed by atoms with Crippen molar-refractivity contribution in [3.63, 3.8) is 0 Å². The number of benzene rings is 2. The highest BCUT2D eigenvalue weighted by Crippen LogP contribution is 2.15. The number of hydrogen-bond acceptors (Lipinski definition) is 4. The van der Waals surface area contributed by atoms with Crippen LogP contribution >= 0.6 is 24.0 Å². The second-order valence-corrected chi connectivity index (χ2v) is 8.35. The Kier molecular flexibility index (Phi) is 11.0. The molecule has 0 amide bonds. The number of nitrogens with zero attached hydrogens (tertiary/aromatic N) is 1. The first kappa shape index (κ1) is 25.2. The molecular formula is C21H30IN3O3S. The smallest absolute Gasteiger partial charge is 0.191 e. The number of rotatable bonds is 9. The Balaban J connectivity index is 0.00000420. The summed E-state index contributed by atoms with van der Waals surface area (Å²) in [7, 11) is -3.19. The lowest BCUT2D eigenvalue weighted by atomic mass is 10.1. The summed E-state index contributed by atoms with van der Waals surface area (Å²) in [5.41, 5.74) is 2.53. The molecule has 0 aliphatic heterocycles. The van der Waals surface area contributed by atoms with E-state index in [2.05, 4.69) is 40.7 Å². The molecule has 0 saturated carbocycles. The molecule has 29 heavy (non-hydrogen) atoms. The number of guanidine groups is 1. The summed E-state index contributed by atoms with van der Waals surface area (Å²) in [6, 6.07) is 14.8. The van der Waals surface area contributed by atoms with Crippen molar-refractivity contribution in [3.05, 3.63) is 59.7 Å². The van der Waals surface area contributed by atoms with Crippen LogP contribution in [0.3, 0.4) is 0 Å². The summed E-state index contributed by atoms with van der Waals surface area (Å²) in [5, 5.41) is 6.48. The fourth-order valence-electron chi connectivity index (χ4n) is 2.68. The predicted octanol–water partition coefficient (Wildman–Crippen LogP) is 3.40. The fourth-order valence-corrected chi connectivity index (χ4v) is 3.31. The quantitative estimate of drug-likeness (QED) is 0.225. The summed E-state index contributed by atoms with van der Waals surface area (Å²) < 4.78 is 28.6. The molecule has 6 nitrogen and oxygen atoms in total. The summed E-state index contributed by atoms with van der Waals surface area (Å²) in [6.07, 6.45) is 2.18. The Morgan fingerprint density at radius 2 is 1.66 bits per heavy atom. The molecule has 0 radical (unpaired) electrons. The van der Waals surface area contributed by atoms with Gasteiger partial charge in [0.1, 0.15) is 12.4 Å². The van der Waals surface area contributed by atoms with Gasteiger partial charge in [-0.3, -0.25) is 0 Å². The molecule has 2 aromatic rings. The van der Waals surface area contributed by atoms with E-state index in [1.807, 2.05) is 13.0 Å². The highest BCUT2D eigenvalue weighted by Gasteiger charge is 2.06. The molecule has 160 valence electrons. The largest absolute Gasteiger partial charge is 0.492 e. The highest BCUT2D eigenvalue weighted by atomic mass is 127. The number of aryl methyl sites for hydroxylation is 1. The zero-order chi connectivity index (χ0) is 20.4. The van der Waals surface area contributed by atoms with Crippen molar-refractivity contribution >= 4 is 39.8 Å². The summed E-state index contributed by atoms with van der Waals surface area (Å²) in [5.74, 6) is 1.37. The third-order valence-electron chi connectivity index (χ3n) is 4.17. The van der Waals surface area contributed by atoms with Gasteiger partial charge < -0.3 is 15.4 Å². The van der Waals surface area contributed by atoms with Gasteiger partial charge >= 0.3 is 0 Å². The standard InChI is InChI=1S/C21H29N3O3S.HI/c1-4-17-8-6-7-9-18(17)16-24-21(22-5-2)23-14-15-27-19-10-12-20(13-11-19)28(3,25)26;/h6-13H,4-5,14-16H2,1-3H3,(H2,22,23,24);1H. The van der Waals surface area contributed by atoms with Gasteiger partial charge in [0.05, 0.1) is 18.0 Å². The van der Waals surface area contributed by atoms with E-state index in [4.69, 9.17) is 4.74 Å². The minimum Gasteiger partial charge on any atom is -0.492 e. The second kappa shape index (κ2) is 12.7. The number of nitrogens with one attached hydrogen (secondary N) is 2. The molecule has 0 bridgehead atoms. The van der Waals surface area contributed by atoms with E-state index in [1.54, 1.807) is 24.3 Å². The first-order valence-electron chi connectivity index (χ1n) is 9.46. The molecule has 0 aliphatic rings. The van der Waals surface area contributed by atoms with E-state index >= 15 is 0 Å². The Morgan fingerprint density at radius 3 is 2.24 bits per heavy atom. The van der Waals surface area contributed by atoms with Crippen LogP contribution in [0.2, 0.25) is 0 Å². The van der Waals surface area contributed by atoms with Crippen molar-refractivity contribution in [3.8, 4) is 5.75 Å². The van der Waals surface area contributed by atoms with Crippen LogP contribution in [0, 0.1) is 0 Å². The Bertz CT molecular complexity index is 884. The third kappa shape index (κ3) is 8.61. The predicted molar refractivity (Wildman–Crippen MR) is 129 cm³/mol. The van der Waals surface area contributed by atoms with Crippen LogP contribution in [0.25, 0.3) is 0 Å². The molecule has 0 aromatic heterocycles. The normalized spacial score (nSPS) is 11.5. The molecular weight excluding hydrogens is 501 g/mol. The number of hydrogen-bond donors (Lipinski definition) is 2. The Hall–Kier alpha value is -1.81. The van der Waals surface area contributed by atoms with Crippen LogP contribution < -0.4 is 15.4 Å². The van der Waals surface area contributed by atoms with Gasteiger partial charge in [0.2, 0.25) is 0 Å². The van der Waals surface area contributed by atoms with Crippen molar-refractivity contribution in [2.75, 3.05) is 26.0 Å². The Labute approximate surface area is 191 Å². The first-order chi connectivity index (χ1) is 13.4. The van der Waals surface area contributed by atoms with E-state index in [1.165, 1.54) is 17.4 Å². The third-order valence-corrected chi connectivity index (χ3v) is 5.29. The highest BCUT2D eigenvalue weighted by molar-refractivity contribution is 14.0. The lowest BCUT2D eigenvalue weighted by Crippen LogP contribution is -2.39. The molecule has 0 saturated heterocycles. The number of ether oxygens (including phenoxy) is 1. The minimum atomic E-state index is -3.19. The molecule has 0 fully saturated rings. The van der Waals surface area contributed by atoms with Gasteiger partial charge in [-0.1, -0.05) is 31.2 Å². The maximum atomic E-state index is 11.5. The van der Waals surface area contributed by atoms with Gasteiger partial charge in [-0.2, -0.15) is 0 Å². The lowest BCUT2D eigenvalue weighted by Gasteiger charge is -2.13. The molecule has 2 aromatic carbocycles. The first-order valence-corrected chi connectivity index (χ1v) is 11.3. The van der Waals surface area contributed by atoms with E-state index in [-0.39, 0.29) is 28.9 Å². The summed E-state index contributed by atoms with van der Waals surface area (Å²) in [6.45, 7) is 6.58. The molecule has 2 N–H and O–H groups in total. The number of halogens is 1. The van der Waals surface area contributed by atoms with Gasteiger partial charge in [-0.25, -0.2) is 13.4 Å². The van der Waals surface area contributed by atoms with Crippen molar-refractivity contribution in [2.24, 2.45) is 4.99 Å². The Morgan fingerprint density at radius 1 is 1.00 bits per heavy atom. The maximum absolute atomic E-state index is 11.5. The molecule has 2 rings (SSSR count). The van der Waals surface area contributed by atoms with Gasteiger partial charge in [0.25, 0.3) is 0 Å². The molecule has 8 heteroatoms. The zero-order valence-electron chi connectivity index (χ0n) is 17.1. The topological polar surface area (TPSA) is 79.8 Å². The lowest BCUT2D eigenvalue weighted by molar-refractivity contribution is 0.321. The van der Waals surface area contributed by atoms with Gasteiger partial charge in [-0.05, 0) is 48.7 Å². The summed E-state index contributed by atoms with van der Waals surface area (Å²) in [4.78, 5) is 4.93. The second-order valence-electron chi connectivity index (χ2n) is 6.34. The zero-order valence-corrected chi connectivity index (χ0v) is 20.3. The van der Waals surface area contributed by atoms with E-state index in [0.29, 0.717) is 25.4 Å². The van der Waals surface area contributed by atoms with Crippen molar-refractivity contribution in [1.82, 2.24) is 10.6 Å². The monoisotopic (exact) mass is 531 g/mol. The van der Waals surface area contributed by atoms with Crippen molar-refractivity contribution in [1.29, 1.82) is 0 Å². The summed E-state index contributed by atoms with van der Waals surface area (Å²) >= 11 is 0. The van der Waals surface area contributed by atoms with Crippen molar-refractivity contribution < 1.29 is 13.2 Å². The van der Waals surface area contributed by atoms with Crippen LogP contribution in [-0.2, 0) is 22.8 Å². The average Bonchev–Trinajstić information content (AvgIpc) is 2.69. The molecule has 0 heterocycles. The van der Waals surface area contributed by atoms with E-state index in [0.717, 1.165) is 18.9 Å². The van der Waals surface area contributed by atoms with Crippen LogP contribution in [0.1, 0.15) is 25.0 Å². The van der Waals surface area contributed by atoms with Crippen LogP contribution in [-0.4, -0.2) is 40.3 Å². The van der Waals surface area contributed by atoms with Crippen LogP contribution in [0.4, 0.5) is 0 Å². The minimum absolute atomic E-state index is 0. The maximum Gasteiger partial charge on any atom is 0.191 e. The molecule has 0 unspecified atom stereocenters. The van der Waals surface area contributed by atoms with Gasteiger partial charge in [-0.15, -0.1) is 24.0 Å². The van der Waals surface area contributed by atoms with E-state index in [9.17, 15) is 8.42 Å². The molecule has 0 spiro atoms. The fraction of sp³-hybridized carbons (Fsp3) is 0.381. The molecule has 0 atom stereocenters. The van der Waals surface area contributed by atoms with Crippen LogP contribution in [0.15, 0.2) is 58.4 Å². The van der Waals surface area contributed by atoms with Crippen molar-refractivity contribution in [2.45, 2.75) is 31.7 Å². The van der Waals surface area contributed by atoms with Gasteiger partial charge in [0.15, 0.2) is 15.8 Å². The number of sulfone groups is 1. The SMILES string of the molecule is CCNC(=NCc1ccccc1CC)NCCOc1ccc(S(C)(=O)=O)cc1.I. The van der Waals surface area contributed by atoms with Crippen LogP contribution in [0.5, 0.6) is 5.75 Å². The average molecular weight is 531 g/mol.